The molecule has 0 saturated heterocycles. The van der Waals surface area contributed by atoms with Crippen molar-refractivity contribution >= 4 is 23.9 Å². The molecule has 0 unspecified atom stereocenters. The van der Waals surface area contributed by atoms with E-state index in [4.69, 9.17) is 25.5 Å². The molecule has 0 rings (SSSR count). The first kappa shape index (κ1) is 38.0. The van der Waals surface area contributed by atoms with Crippen LogP contribution in [-0.2, 0) is 28.7 Å². The van der Waals surface area contributed by atoms with Gasteiger partial charge in [-0.25, -0.2) is 19.2 Å². The van der Waals surface area contributed by atoms with Crippen LogP contribution in [0.5, 0.6) is 0 Å². The van der Waals surface area contributed by atoms with Crippen LogP contribution < -0.4 is 0 Å². The highest BCUT2D eigenvalue weighted by Gasteiger charge is 2.12. The molecule has 0 saturated carbocycles. The molecule has 0 aliphatic heterocycles. The zero-order valence-electron chi connectivity index (χ0n) is 19.9. The van der Waals surface area contributed by atoms with E-state index in [1.165, 1.54) is 27.7 Å². The van der Waals surface area contributed by atoms with Gasteiger partial charge in [0.25, 0.3) is 0 Å². The average molecular weight is 493 g/mol. The van der Waals surface area contributed by atoms with E-state index in [2.05, 4.69) is 35.8 Å². The lowest BCUT2D eigenvalue weighted by Crippen LogP contribution is -2.25. The minimum atomic E-state index is -1.05. The van der Waals surface area contributed by atoms with Crippen LogP contribution in [0.4, 0.5) is 0 Å². The minimum Gasteiger partial charge on any atom is -0.478 e. The summed E-state index contributed by atoms with van der Waals surface area (Å²) in [5, 5.41) is 49.1. The van der Waals surface area contributed by atoms with E-state index in [1.807, 2.05) is 0 Å². The van der Waals surface area contributed by atoms with E-state index in [0.717, 1.165) is 0 Å². The van der Waals surface area contributed by atoms with Gasteiger partial charge in [-0.2, -0.15) is 0 Å². The predicted molar refractivity (Wildman–Crippen MR) is 123 cm³/mol. The SMILES string of the molecule is C=C(C)C(=O)O.C=C(C)C(=O)O.C=C(C)C(=O)OCC(O)COC(=O)C(=C)C.OCC(O)CO. The first-order chi connectivity index (χ1) is 15.4. The van der Waals surface area contributed by atoms with Crippen LogP contribution in [0.1, 0.15) is 27.7 Å². The summed E-state index contributed by atoms with van der Waals surface area (Å²) in [4.78, 5) is 41.1. The number of hydrogen-bond donors (Lipinski definition) is 6. The Balaban J connectivity index is -0.000000205. The van der Waals surface area contributed by atoms with Crippen molar-refractivity contribution in [1.29, 1.82) is 0 Å². The Bertz CT molecular complexity index is 627. The number of rotatable bonds is 10. The number of carboxylic acids is 2. The Kier molecular flexibility index (Phi) is 25.5. The highest BCUT2D eigenvalue weighted by Crippen LogP contribution is 1.97. The molecule has 0 aliphatic rings. The van der Waals surface area contributed by atoms with Crippen molar-refractivity contribution in [3.8, 4) is 0 Å². The van der Waals surface area contributed by atoms with E-state index in [0.29, 0.717) is 0 Å². The summed E-state index contributed by atoms with van der Waals surface area (Å²) in [6, 6.07) is 0. The maximum atomic E-state index is 10.9. The first-order valence-electron chi connectivity index (χ1n) is 9.45. The third-order valence-electron chi connectivity index (χ3n) is 2.66. The zero-order valence-corrected chi connectivity index (χ0v) is 19.9. The quantitative estimate of drug-likeness (QED) is 0.179. The van der Waals surface area contributed by atoms with Gasteiger partial charge in [-0.15, -0.1) is 0 Å². The molecule has 196 valence electrons. The van der Waals surface area contributed by atoms with Gasteiger partial charge >= 0.3 is 23.9 Å². The van der Waals surface area contributed by atoms with Crippen molar-refractivity contribution in [2.75, 3.05) is 26.4 Å². The number of aliphatic hydroxyl groups excluding tert-OH is 4. The number of aliphatic hydroxyl groups is 4. The number of ether oxygens (including phenoxy) is 2. The standard InChI is InChI=1S/C11H16O5.2C4H6O2.C3H8O3/c1-7(2)10(13)15-5-9(12)6-16-11(14)8(3)4;2*1-3(2)4(5)6;4-1-3(6)2-5/h9,12H,1,3,5-6H2,2,4H3;2*1H2,2H3,(H,5,6);3-6H,1-2H2. The number of carbonyl (C=O) groups excluding carboxylic acids is 2. The summed E-state index contributed by atoms with van der Waals surface area (Å²) in [6.07, 6.45) is -2.00. The number of hydrogen-bond acceptors (Lipinski definition) is 10. The Morgan fingerprint density at radius 2 is 0.853 bits per heavy atom. The summed E-state index contributed by atoms with van der Waals surface area (Å²) < 4.78 is 9.31. The van der Waals surface area contributed by atoms with Crippen LogP contribution in [0.15, 0.2) is 48.6 Å². The molecule has 12 nitrogen and oxygen atoms in total. The Morgan fingerprint density at radius 3 is 0.971 bits per heavy atom. The lowest BCUT2D eigenvalue weighted by molar-refractivity contribution is -0.147. The van der Waals surface area contributed by atoms with Gasteiger partial charge in [0.1, 0.15) is 25.4 Å². The van der Waals surface area contributed by atoms with E-state index < -0.39 is 36.1 Å². The highest BCUT2D eigenvalue weighted by atomic mass is 16.6. The predicted octanol–water partition coefficient (Wildman–Crippen LogP) is 0.212. The maximum absolute atomic E-state index is 10.9. The van der Waals surface area contributed by atoms with Gasteiger partial charge < -0.3 is 40.1 Å². The third-order valence-corrected chi connectivity index (χ3v) is 2.66. The Labute approximate surface area is 198 Å². The van der Waals surface area contributed by atoms with Crippen LogP contribution >= 0.6 is 0 Å². The molecule has 0 aromatic carbocycles. The molecule has 6 N–H and O–H groups in total. The van der Waals surface area contributed by atoms with Crippen LogP contribution in [0.3, 0.4) is 0 Å². The molecule has 0 aliphatic carbocycles. The van der Waals surface area contributed by atoms with Crippen molar-refractivity contribution in [3.63, 3.8) is 0 Å². The molecule has 0 radical (unpaired) electrons. The number of carbonyl (C=O) groups is 4. The van der Waals surface area contributed by atoms with E-state index >= 15 is 0 Å². The van der Waals surface area contributed by atoms with E-state index in [9.17, 15) is 24.3 Å². The van der Waals surface area contributed by atoms with Gasteiger partial charge in [0, 0.05) is 22.3 Å². The third kappa shape index (κ3) is 30.9. The van der Waals surface area contributed by atoms with Crippen molar-refractivity contribution in [2.24, 2.45) is 0 Å². The lowest BCUT2D eigenvalue weighted by Gasteiger charge is -2.11. The van der Waals surface area contributed by atoms with Crippen molar-refractivity contribution in [3.05, 3.63) is 48.6 Å². The molecule has 0 atom stereocenters. The van der Waals surface area contributed by atoms with Crippen LogP contribution in [0.2, 0.25) is 0 Å². The van der Waals surface area contributed by atoms with Crippen molar-refractivity contribution < 1.29 is 59.3 Å². The summed E-state index contributed by atoms with van der Waals surface area (Å²) in [7, 11) is 0. The fourth-order valence-electron chi connectivity index (χ4n) is 0.696. The largest absolute Gasteiger partial charge is 0.478 e. The first-order valence-corrected chi connectivity index (χ1v) is 9.45. The summed E-state index contributed by atoms with van der Waals surface area (Å²) >= 11 is 0. The number of aliphatic carboxylic acids is 2. The molecule has 0 bridgehead atoms. The summed E-state index contributed by atoms with van der Waals surface area (Å²) in [5.74, 6) is -3.06. The Morgan fingerprint density at radius 1 is 0.618 bits per heavy atom. The minimum absolute atomic E-state index is 0.176. The number of carboxylic acid groups (broad SMARTS) is 2. The molecule has 0 fully saturated rings. The fraction of sp³-hybridized carbons (Fsp3) is 0.455. The monoisotopic (exact) mass is 492 g/mol. The van der Waals surface area contributed by atoms with Crippen LogP contribution in [0.25, 0.3) is 0 Å². The molecule has 0 heterocycles. The molecule has 0 aromatic heterocycles. The molecular formula is C22H36O12. The molecular weight excluding hydrogens is 456 g/mol. The molecule has 0 spiro atoms. The second-order valence-electron chi connectivity index (χ2n) is 6.60. The fourth-order valence-corrected chi connectivity index (χ4v) is 0.696. The van der Waals surface area contributed by atoms with Crippen LogP contribution in [0, 0.1) is 0 Å². The summed E-state index contributed by atoms with van der Waals surface area (Å²) in [5.41, 5.74) is 0.835. The van der Waals surface area contributed by atoms with E-state index in [1.54, 1.807) is 0 Å². The van der Waals surface area contributed by atoms with E-state index in [-0.39, 0.29) is 48.7 Å². The highest BCUT2D eigenvalue weighted by molar-refractivity contribution is 5.87. The zero-order chi connectivity index (χ0) is 28.0. The van der Waals surface area contributed by atoms with Gasteiger partial charge in [-0.1, -0.05) is 26.3 Å². The smallest absolute Gasteiger partial charge is 0.333 e. The maximum Gasteiger partial charge on any atom is 0.333 e. The topological polar surface area (TPSA) is 208 Å². The molecule has 0 aromatic rings. The Hall–Kier alpha value is -3.32. The van der Waals surface area contributed by atoms with Gasteiger partial charge in [-0.3, -0.25) is 0 Å². The van der Waals surface area contributed by atoms with Gasteiger partial charge in [0.2, 0.25) is 0 Å². The average Bonchev–Trinajstić information content (AvgIpc) is 2.75. The molecule has 0 amide bonds. The second-order valence-corrected chi connectivity index (χ2v) is 6.60. The normalized spacial score (nSPS) is 9.00. The second kappa shape index (κ2) is 22.9. The van der Waals surface area contributed by atoms with Crippen LogP contribution in [-0.4, -0.2) is 93.2 Å². The lowest BCUT2D eigenvalue weighted by atomic mass is 10.3. The number of esters is 2. The van der Waals surface area contributed by atoms with Gasteiger partial charge in [0.15, 0.2) is 0 Å². The van der Waals surface area contributed by atoms with Gasteiger partial charge in [-0.05, 0) is 27.7 Å². The summed E-state index contributed by atoms with van der Waals surface area (Å²) in [6.45, 7) is 17.7. The molecule has 34 heavy (non-hydrogen) atoms. The van der Waals surface area contributed by atoms with Crippen molar-refractivity contribution in [2.45, 2.75) is 39.9 Å². The van der Waals surface area contributed by atoms with Gasteiger partial charge in [0.05, 0.1) is 13.2 Å². The molecule has 12 heteroatoms. The van der Waals surface area contributed by atoms with Crippen molar-refractivity contribution in [1.82, 2.24) is 0 Å².